The number of hydrogen-bond donors (Lipinski definition) is 4. The molecular weight excluding hydrogens is 440 g/mol. The van der Waals surface area contributed by atoms with Crippen LogP contribution in [-0.2, 0) is 4.79 Å². The smallest absolute Gasteiger partial charge is 0.159 e. The van der Waals surface area contributed by atoms with E-state index in [1.54, 1.807) is 0 Å². The molecule has 4 saturated carbocycles. The summed E-state index contributed by atoms with van der Waals surface area (Å²) in [4.78, 5) is 13.7. The lowest BCUT2D eigenvalue weighted by Gasteiger charge is -2.64. The lowest BCUT2D eigenvalue weighted by atomic mass is 9.42. The second kappa shape index (κ2) is 7.88. The van der Waals surface area contributed by atoms with Crippen LogP contribution in [0.2, 0.25) is 0 Å². The van der Waals surface area contributed by atoms with Gasteiger partial charge in [-0.05, 0) is 91.4 Å². The summed E-state index contributed by atoms with van der Waals surface area (Å²) in [7, 11) is 0. The molecule has 0 aromatic carbocycles. The van der Waals surface area contributed by atoms with Gasteiger partial charge in [-0.1, -0.05) is 47.1 Å². The Hall–Kier alpha value is -0.750. The molecule has 11 atom stereocenters. The van der Waals surface area contributed by atoms with Crippen LogP contribution in [0.1, 0.15) is 92.9 Å². The van der Waals surface area contributed by atoms with Crippen LogP contribution >= 0.6 is 0 Å². The van der Waals surface area contributed by atoms with Gasteiger partial charge in [-0.3, -0.25) is 4.79 Å². The van der Waals surface area contributed by atoms with Crippen molar-refractivity contribution < 1.29 is 25.2 Å². The lowest BCUT2D eigenvalue weighted by molar-refractivity contribution is -0.189. The molecule has 0 heterocycles. The molecule has 0 spiro atoms. The Balaban J connectivity index is 1.55. The Morgan fingerprint density at radius 2 is 1.57 bits per heavy atom. The Kier molecular flexibility index (Phi) is 5.83. The molecule has 0 unspecified atom stereocenters. The molecule has 4 fully saturated rings. The van der Waals surface area contributed by atoms with Crippen molar-refractivity contribution in [2.45, 2.75) is 111 Å². The first kappa shape index (κ1) is 25.9. The monoisotopic (exact) mass is 488 g/mol. The maximum absolute atomic E-state index is 13.7. The van der Waals surface area contributed by atoms with Crippen molar-refractivity contribution >= 4 is 5.78 Å². The van der Waals surface area contributed by atoms with E-state index in [1.165, 1.54) is 5.57 Å². The van der Waals surface area contributed by atoms with E-state index in [9.17, 15) is 25.2 Å². The first-order valence-corrected chi connectivity index (χ1v) is 14.0. The Morgan fingerprint density at radius 3 is 2.23 bits per heavy atom. The van der Waals surface area contributed by atoms with Crippen LogP contribution in [0.15, 0.2) is 11.6 Å². The van der Waals surface area contributed by atoms with E-state index in [0.717, 1.165) is 44.9 Å². The van der Waals surface area contributed by atoms with E-state index in [-0.39, 0.29) is 46.4 Å². The summed E-state index contributed by atoms with van der Waals surface area (Å²) in [5.74, 6) is 0.815. The highest BCUT2D eigenvalue weighted by molar-refractivity contribution is 5.95. The van der Waals surface area contributed by atoms with Crippen molar-refractivity contribution in [2.24, 2.45) is 50.7 Å². The van der Waals surface area contributed by atoms with Crippen LogP contribution in [0, 0.1) is 50.7 Å². The lowest BCUT2D eigenvalue weighted by Crippen LogP contribution is -2.62. The maximum Gasteiger partial charge on any atom is 0.159 e. The first-order valence-electron chi connectivity index (χ1n) is 14.0. The van der Waals surface area contributed by atoms with E-state index >= 15 is 0 Å². The minimum atomic E-state index is -0.894. The molecule has 5 heteroatoms. The minimum absolute atomic E-state index is 0.0230. The molecule has 0 saturated heterocycles. The summed E-state index contributed by atoms with van der Waals surface area (Å²) < 4.78 is 0. The standard InChI is InChI=1S/C30H48O5/c1-26(2)24-19(32)13-17-14-27(3)11-9-22-28(4,12-10-23(34)30(22,6)16-31)21(27)8-7-18(17)29(24,5)15-20(33)25(26)35/h13,18,20-25,31,33-35H,7-12,14-16H2,1-6H3/t18-,20+,21-,22+,23+,24-,25+,27-,28+,29+,30+/m0/s1. The van der Waals surface area contributed by atoms with E-state index in [4.69, 9.17) is 0 Å². The number of hydrogen-bond acceptors (Lipinski definition) is 5. The molecule has 0 bridgehead atoms. The van der Waals surface area contributed by atoms with Crippen LogP contribution in [0.3, 0.4) is 0 Å². The van der Waals surface area contributed by atoms with Gasteiger partial charge >= 0.3 is 0 Å². The topological polar surface area (TPSA) is 98.0 Å². The van der Waals surface area contributed by atoms with Crippen LogP contribution in [0.5, 0.6) is 0 Å². The van der Waals surface area contributed by atoms with Gasteiger partial charge in [0.25, 0.3) is 0 Å². The fourth-order valence-corrected chi connectivity index (χ4v) is 11.1. The molecule has 0 aliphatic heterocycles. The number of aliphatic hydroxyl groups is 4. The highest BCUT2D eigenvalue weighted by Gasteiger charge is 2.65. The number of ketones is 1. The van der Waals surface area contributed by atoms with Gasteiger partial charge in [0.15, 0.2) is 5.78 Å². The highest BCUT2D eigenvalue weighted by atomic mass is 16.3. The van der Waals surface area contributed by atoms with Crippen LogP contribution in [-0.4, -0.2) is 51.1 Å². The predicted molar refractivity (Wildman–Crippen MR) is 135 cm³/mol. The van der Waals surface area contributed by atoms with E-state index < -0.39 is 29.1 Å². The van der Waals surface area contributed by atoms with Gasteiger partial charge in [0.1, 0.15) is 0 Å². The summed E-state index contributed by atoms with van der Waals surface area (Å²) in [6, 6.07) is 0. The fraction of sp³-hybridized carbons (Fsp3) is 0.900. The second-order valence-electron chi connectivity index (χ2n) is 14.9. The molecule has 35 heavy (non-hydrogen) atoms. The molecule has 0 aromatic heterocycles. The minimum Gasteiger partial charge on any atom is -0.396 e. The molecular formula is C30H48O5. The second-order valence-corrected chi connectivity index (χ2v) is 14.9. The SMILES string of the molecule is CC1(C)[C@H](O)[C@H](O)C[C@]2(C)[C@H]3CC[C@H]4[C@@](C)(CC[C@@H]5[C@]4(C)CC[C@@H](O)[C@]5(C)CO)CC3=CC(=O)[C@@H]12. The zero-order valence-electron chi connectivity index (χ0n) is 22.7. The average molecular weight is 489 g/mol. The van der Waals surface area contributed by atoms with E-state index in [2.05, 4.69) is 27.7 Å². The largest absolute Gasteiger partial charge is 0.396 e. The van der Waals surface area contributed by atoms with Gasteiger partial charge < -0.3 is 20.4 Å². The average Bonchev–Trinajstić information content (AvgIpc) is 2.91. The third-order valence-electron chi connectivity index (χ3n) is 12.7. The van der Waals surface area contributed by atoms with E-state index in [1.807, 2.05) is 19.9 Å². The fourth-order valence-electron chi connectivity index (χ4n) is 11.1. The van der Waals surface area contributed by atoms with Gasteiger partial charge in [0.2, 0.25) is 0 Å². The third kappa shape index (κ3) is 3.30. The quantitative estimate of drug-likeness (QED) is 0.442. The van der Waals surface area contributed by atoms with Crippen LogP contribution in [0.4, 0.5) is 0 Å². The summed E-state index contributed by atoms with van der Waals surface area (Å²) in [5.41, 5.74) is -0.113. The number of rotatable bonds is 1. The van der Waals surface area contributed by atoms with Crippen molar-refractivity contribution in [3.63, 3.8) is 0 Å². The van der Waals surface area contributed by atoms with E-state index in [0.29, 0.717) is 12.3 Å². The molecule has 0 radical (unpaired) electrons. The summed E-state index contributed by atoms with van der Waals surface area (Å²) in [6.45, 7) is 13.1. The molecule has 5 aliphatic rings. The molecule has 198 valence electrons. The van der Waals surface area contributed by atoms with Crippen LogP contribution < -0.4 is 0 Å². The van der Waals surface area contributed by atoms with Crippen molar-refractivity contribution in [3.8, 4) is 0 Å². The van der Waals surface area contributed by atoms with Crippen molar-refractivity contribution in [3.05, 3.63) is 11.6 Å². The first-order chi connectivity index (χ1) is 16.1. The van der Waals surface area contributed by atoms with Crippen molar-refractivity contribution in [1.82, 2.24) is 0 Å². The van der Waals surface area contributed by atoms with Gasteiger partial charge in [-0.25, -0.2) is 0 Å². The Labute approximate surface area is 211 Å². The van der Waals surface area contributed by atoms with Crippen LogP contribution in [0.25, 0.3) is 0 Å². The Bertz CT molecular complexity index is 926. The van der Waals surface area contributed by atoms with Crippen molar-refractivity contribution in [2.75, 3.05) is 6.61 Å². The molecule has 4 N–H and O–H groups in total. The molecule has 5 aliphatic carbocycles. The number of fused-ring (bicyclic) bond motifs is 6. The molecule has 5 nitrogen and oxygen atoms in total. The number of carbonyl (C=O) groups excluding carboxylic acids is 1. The zero-order valence-corrected chi connectivity index (χ0v) is 22.7. The number of aliphatic hydroxyl groups excluding tert-OH is 4. The molecule has 5 rings (SSSR count). The van der Waals surface area contributed by atoms with Gasteiger partial charge in [0.05, 0.1) is 24.9 Å². The normalized spacial score (nSPS) is 55.5. The summed E-state index contributed by atoms with van der Waals surface area (Å²) in [5, 5.41) is 43.0. The maximum atomic E-state index is 13.7. The summed E-state index contributed by atoms with van der Waals surface area (Å²) in [6.07, 6.45) is 6.98. The number of allylic oxidation sites excluding steroid dienone is 2. The summed E-state index contributed by atoms with van der Waals surface area (Å²) >= 11 is 0. The zero-order chi connectivity index (χ0) is 25.8. The van der Waals surface area contributed by atoms with Crippen molar-refractivity contribution in [1.29, 1.82) is 0 Å². The third-order valence-corrected chi connectivity index (χ3v) is 12.7. The van der Waals surface area contributed by atoms with Gasteiger partial charge in [-0.15, -0.1) is 0 Å². The molecule has 0 aromatic rings. The number of carbonyl (C=O) groups is 1. The van der Waals surface area contributed by atoms with Gasteiger partial charge in [0, 0.05) is 16.7 Å². The predicted octanol–water partition coefficient (Wildman–Crippen LogP) is 4.26. The Morgan fingerprint density at radius 1 is 0.886 bits per heavy atom. The highest BCUT2D eigenvalue weighted by Crippen LogP contribution is 2.70. The van der Waals surface area contributed by atoms with Gasteiger partial charge in [-0.2, -0.15) is 0 Å². The molecule has 0 amide bonds.